The number of nitrogens with two attached hydrogens (primary N) is 1. The van der Waals surface area contributed by atoms with Crippen LogP contribution in [0.3, 0.4) is 0 Å². The van der Waals surface area contributed by atoms with Crippen LogP contribution < -0.4 is 5.73 Å². The molecule has 0 aliphatic rings. The molecule has 19 heavy (non-hydrogen) atoms. The number of hydrogen-bond donors (Lipinski definition) is 2. The number of anilines is 1. The van der Waals surface area contributed by atoms with Gasteiger partial charge in [-0.2, -0.15) is 5.10 Å². The Labute approximate surface area is 110 Å². The van der Waals surface area contributed by atoms with E-state index in [0.29, 0.717) is 17.0 Å². The van der Waals surface area contributed by atoms with Crippen molar-refractivity contribution in [2.75, 3.05) is 5.73 Å². The molecule has 1 atom stereocenters. The Morgan fingerprint density at radius 1 is 1.26 bits per heavy atom. The van der Waals surface area contributed by atoms with Crippen LogP contribution in [-0.4, -0.2) is 10.2 Å². The molecule has 0 bridgehead atoms. The number of nitrogen functional groups attached to an aromatic ring is 1. The summed E-state index contributed by atoms with van der Waals surface area (Å²) in [4.78, 5) is 0. The van der Waals surface area contributed by atoms with Gasteiger partial charge < -0.3 is 5.73 Å². The highest BCUT2D eigenvalue weighted by Crippen LogP contribution is 2.30. The first-order valence-electron chi connectivity index (χ1n) is 6.30. The highest BCUT2D eigenvalue weighted by molar-refractivity contribution is 5.76. The molecule has 102 valence electrons. The summed E-state index contributed by atoms with van der Waals surface area (Å²) < 4.78 is 26.6. The average molecular weight is 265 g/mol. The summed E-state index contributed by atoms with van der Waals surface area (Å²) in [6.07, 6.45) is 1.75. The normalized spacial score (nSPS) is 12.6. The molecule has 0 aliphatic heterocycles. The van der Waals surface area contributed by atoms with Gasteiger partial charge >= 0.3 is 0 Å². The van der Waals surface area contributed by atoms with Crippen LogP contribution in [0.4, 0.5) is 14.6 Å². The number of nitrogens with one attached hydrogen (secondary N) is 1. The first-order valence-corrected chi connectivity index (χ1v) is 6.30. The van der Waals surface area contributed by atoms with Crippen LogP contribution >= 0.6 is 0 Å². The standard InChI is InChI=1S/C14H17F2N3/c1-3-8(2)4-12-13(14(17)19-18-12)9-5-10(15)7-11(16)6-9/h5-8H,3-4H2,1-2H3,(H3,17,18,19). The molecule has 1 heterocycles. The van der Waals surface area contributed by atoms with Crippen molar-refractivity contribution < 1.29 is 8.78 Å². The second-order valence-corrected chi connectivity index (χ2v) is 4.84. The number of hydrogen-bond acceptors (Lipinski definition) is 2. The molecular formula is C14H17F2N3. The summed E-state index contributed by atoms with van der Waals surface area (Å²) in [5.74, 6) is -0.532. The zero-order valence-electron chi connectivity index (χ0n) is 11.0. The van der Waals surface area contributed by atoms with E-state index in [4.69, 9.17) is 5.73 Å². The van der Waals surface area contributed by atoms with Gasteiger partial charge in [0.25, 0.3) is 0 Å². The Bertz CT molecular complexity index is 558. The predicted molar refractivity (Wildman–Crippen MR) is 71.5 cm³/mol. The maximum absolute atomic E-state index is 13.3. The van der Waals surface area contributed by atoms with Crippen molar-refractivity contribution in [3.63, 3.8) is 0 Å². The van der Waals surface area contributed by atoms with Gasteiger partial charge in [-0.25, -0.2) is 8.78 Å². The van der Waals surface area contributed by atoms with Gasteiger partial charge in [-0.15, -0.1) is 0 Å². The quantitative estimate of drug-likeness (QED) is 0.888. The van der Waals surface area contributed by atoms with Crippen LogP contribution in [-0.2, 0) is 6.42 Å². The van der Waals surface area contributed by atoms with Crippen molar-refractivity contribution in [1.29, 1.82) is 0 Å². The molecule has 0 amide bonds. The van der Waals surface area contributed by atoms with Crippen LogP contribution in [0.25, 0.3) is 11.1 Å². The Morgan fingerprint density at radius 2 is 1.89 bits per heavy atom. The highest BCUT2D eigenvalue weighted by Gasteiger charge is 2.16. The van der Waals surface area contributed by atoms with E-state index in [2.05, 4.69) is 24.0 Å². The number of H-pyrrole nitrogens is 1. The molecule has 0 fully saturated rings. The maximum atomic E-state index is 13.3. The van der Waals surface area contributed by atoms with E-state index in [1.165, 1.54) is 12.1 Å². The Hall–Kier alpha value is -1.91. The number of aromatic amines is 1. The molecule has 0 saturated heterocycles. The summed E-state index contributed by atoms with van der Waals surface area (Å²) in [5.41, 5.74) is 7.63. The van der Waals surface area contributed by atoms with Crippen molar-refractivity contribution in [3.8, 4) is 11.1 Å². The van der Waals surface area contributed by atoms with Crippen molar-refractivity contribution >= 4 is 5.82 Å². The summed E-state index contributed by atoms with van der Waals surface area (Å²) >= 11 is 0. The van der Waals surface area contributed by atoms with Crippen LogP contribution in [0.15, 0.2) is 18.2 Å². The smallest absolute Gasteiger partial charge is 0.153 e. The molecule has 1 aromatic carbocycles. The lowest BCUT2D eigenvalue weighted by Gasteiger charge is -2.09. The number of nitrogens with zero attached hydrogens (tertiary/aromatic N) is 1. The van der Waals surface area contributed by atoms with E-state index in [1.807, 2.05) is 0 Å². The third-order valence-electron chi connectivity index (χ3n) is 3.27. The summed E-state index contributed by atoms with van der Waals surface area (Å²) in [6, 6.07) is 3.38. The molecule has 0 aliphatic carbocycles. The monoisotopic (exact) mass is 265 g/mol. The summed E-state index contributed by atoms with van der Waals surface area (Å²) in [5, 5.41) is 6.80. The van der Waals surface area contributed by atoms with Crippen LogP contribution in [0.5, 0.6) is 0 Å². The minimum Gasteiger partial charge on any atom is -0.382 e. The molecule has 0 saturated carbocycles. The van der Waals surface area contributed by atoms with Gasteiger partial charge in [0, 0.05) is 17.3 Å². The molecular weight excluding hydrogens is 248 g/mol. The van der Waals surface area contributed by atoms with Crippen molar-refractivity contribution in [3.05, 3.63) is 35.5 Å². The van der Waals surface area contributed by atoms with Gasteiger partial charge in [0.15, 0.2) is 5.82 Å². The number of aromatic nitrogens is 2. The first kappa shape index (κ1) is 13.5. The SMILES string of the molecule is CCC(C)Cc1[nH]nc(N)c1-c1cc(F)cc(F)c1. The van der Waals surface area contributed by atoms with Gasteiger partial charge in [0.2, 0.25) is 0 Å². The van der Waals surface area contributed by atoms with E-state index in [0.717, 1.165) is 24.6 Å². The largest absolute Gasteiger partial charge is 0.382 e. The summed E-state index contributed by atoms with van der Waals surface area (Å²) in [6.45, 7) is 4.19. The zero-order chi connectivity index (χ0) is 14.0. The first-order chi connectivity index (χ1) is 9.01. The van der Waals surface area contributed by atoms with E-state index < -0.39 is 11.6 Å². The second-order valence-electron chi connectivity index (χ2n) is 4.84. The molecule has 1 aromatic heterocycles. The maximum Gasteiger partial charge on any atom is 0.153 e. The van der Waals surface area contributed by atoms with Gasteiger partial charge in [0.05, 0.1) is 0 Å². The fraction of sp³-hybridized carbons (Fsp3) is 0.357. The van der Waals surface area contributed by atoms with E-state index >= 15 is 0 Å². The average Bonchev–Trinajstić information content (AvgIpc) is 2.69. The molecule has 3 N–H and O–H groups in total. The predicted octanol–water partition coefficient (Wildman–Crippen LogP) is 3.53. The molecule has 2 aromatic rings. The number of benzene rings is 1. The fourth-order valence-corrected chi connectivity index (χ4v) is 2.05. The van der Waals surface area contributed by atoms with Gasteiger partial charge in [0.1, 0.15) is 11.6 Å². The van der Waals surface area contributed by atoms with Gasteiger partial charge in [-0.05, 0) is 30.0 Å². The van der Waals surface area contributed by atoms with Gasteiger partial charge in [-0.1, -0.05) is 20.3 Å². The van der Waals surface area contributed by atoms with E-state index in [9.17, 15) is 8.78 Å². The molecule has 1 unspecified atom stereocenters. The topological polar surface area (TPSA) is 54.7 Å². The van der Waals surface area contributed by atoms with Crippen LogP contribution in [0, 0.1) is 17.6 Å². The Morgan fingerprint density at radius 3 is 2.47 bits per heavy atom. The van der Waals surface area contributed by atoms with Crippen molar-refractivity contribution in [2.24, 2.45) is 5.92 Å². The molecule has 0 radical (unpaired) electrons. The lowest BCUT2D eigenvalue weighted by molar-refractivity contribution is 0.552. The molecule has 3 nitrogen and oxygen atoms in total. The molecule has 2 rings (SSSR count). The summed E-state index contributed by atoms with van der Waals surface area (Å²) in [7, 11) is 0. The number of halogens is 2. The Balaban J connectivity index is 2.46. The van der Waals surface area contributed by atoms with Crippen LogP contribution in [0.2, 0.25) is 0 Å². The fourth-order valence-electron chi connectivity index (χ4n) is 2.05. The minimum absolute atomic E-state index is 0.267. The lowest BCUT2D eigenvalue weighted by atomic mass is 9.97. The van der Waals surface area contributed by atoms with Crippen molar-refractivity contribution in [1.82, 2.24) is 10.2 Å². The third-order valence-corrected chi connectivity index (χ3v) is 3.27. The third kappa shape index (κ3) is 2.92. The lowest BCUT2D eigenvalue weighted by Crippen LogP contribution is -2.00. The molecule has 5 heteroatoms. The Kier molecular flexibility index (Phi) is 3.83. The van der Waals surface area contributed by atoms with Gasteiger partial charge in [-0.3, -0.25) is 5.10 Å². The van der Waals surface area contributed by atoms with Crippen LogP contribution in [0.1, 0.15) is 26.0 Å². The molecule has 0 spiro atoms. The number of rotatable bonds is 4. The van der Waals surface area contributed by atoms with E-state index in [-0.39, 0.29) is 5.82 Å². The van der Waals surface area contributed by atoms with Crippen molar-refractivity contribution in [2.45, 2.75) is 26.7 Å². The van der Waals surface area contributed by atoms with E-state index in [1.54, 1.807) is 0 Å². The highest BCUT2D eigenvalue weighted by atomic mass is 19.1. The second kappa shape index (κ2) is 5.38. The minimum atomic E-state index is -0.620. The zero-order valence-corrected chi connectivity index (χ0v) is 11.0.